The highest BCUT2D eigenvalue weighted by Crippen LogP contribution is 2.32. The smallest absolute Gasteiger partial charge is 0.267 e. The minimum atomic E-state index is -0.327. The number of carbonyl (C=O) groups excluding carboxylic acids is 1. The fourth-order valence-corrected chi connectivity index (χ4v) is 4.21. The van der Waals surface area contributed by atoms with Gasteiger partial charge in [0.15, 0.2) is 0 Å². The van der Waals surface area contributed by atoms with Crippen LogP contribution in [0.4, 0.5) is 9.52 Å². The van der Waals surface area contributed by atoms with Crippen molar-refractivity contribution in [2.75, 3.05) is 5.01 Å². The number of aromatic nitrogens is 1. The SMILES string of the molecule is Cc1cccc(C(=O)N(/N=C/c2ccc(F)cc2)c2nc3ccc(Br)cc3s2)c1. The van der Waals surface area contributed by atoms with Gasteiger partial charge in [0.1, 0.15) is 5.82 Å². The number of hydrazone groups is 1. The Hall–Kier alpha value is -2.90. The van der Waals surface area contributed by atoms with Crippen LogP contribution in [0.25, 0.3) is 10.2 Å². The zero-order chi connectivity index (χ0) is 20.4. The van der Waals surface area contributed by atoms with Crippen molar-refractivity contribution in [2.24, 2.45) is 5.10 Å². The van der Waals surface area contributed by atoms with Gasteiger partial charge in [-0.15, -0.1) is 0 Å². The van der Waals surface area contributed by atoms with Crippen molar-refractivity contribution >= 4 is 54.7 Å². The maximum Gasteiger partial charge on any atom is 0.280 e. The van der Waals surface area contributed by atoms with Crippen molar-refractivity contribution in [3.05, 3.63) is 93.7 Å². The predicted octanol–water partition coefficient (Wildman–Crippen LogP) is 6.19. The normalized spacial score (nSPS) is 11.3. The average Bonchev–Trinajstić information content (AvgIpc) is 3.12. The zero-order valence-electron chi connectivity index (χ0n) is 15.3. The third-order valence-corrected chi connectivity index (χ3v) is 5.66. The molecule has 0 saturated heterocycles. The summed E-state index contributed by atoms with van der Waals surface area (Å²) in [7, 11) is 0. The first-order valence-corrected chi connectivity index (χ1v) is 10.4. The number of thiazole rings is 1. The van der Waals surface area contributed by atoms with Crippen LogP contribution in [0.3, 0.4) is 0 Å². The molecular formula is C22H15BrFN3OS. The number of benzene rings is 3. The van der Waals surface area contributed by atoms with Gasteiger partial charge in [0.05, 0.1) is 16.4 Å². The van der Waals surface area contributed by atoms with Crippen molar-refractivity contribution in [2.45, 2.75) is 6.92 Å². The van der Waals surface area contributed by atoms with Gasteiger partial charge in [0.25, 0.3) is 5.91 Å². The van der Waals surface area contributed by atoms with E-state index in [0.717, 1.165) is 20.3 Å². The third kappa shape index (κ3) is 4.41. The lowest BCUT2D eigenvalue weighted by molar-refractivity contribution is 0.0987. The van der Waals surface area contributed by atoms with E-state index in [9.17, 15) is 9.18 Å². The molecule has 29 heavy (non-hydrogen) atoms. The molecule has 4 rings (SSSR count). The van der Waals surface area contributed by atoms with E-state index >= 15 is 0 Å². The maximum absolute atomic E-state index is 13.2. The number of hydrogen-bond donors (Lipinski definition) is 0. The van der Waals surface area contributed by atoms with E-state index in [-0.39, 0.29) is 11.7 Å². The summed E-state index contributed by atoms with van der Waals surface area (Å²) >= 11 is 4.83. The predicted molar refractivity (Wildman–Crippen MR) is 119 cm³/mol. The number of halogens is 2. The first kappa shape index (κ1) is 19.4. The van der Waals surface area contributed by atoms with Crippen LogP contribution in [-0.2, 0) is 0 Å². The summed E-state index contributed by atoms with van der Waals surface area (Å²) in [4.78, 5) is 17.8. The van der Waals surface area contributed by atoms with Gasteiger partial charge < -0.3 is 0 Å². The van der Waals surface area contributed by atoms with Gasteiger partial charge >= 0.3 is 0 Å². The van der Waals surface area contributed by atoms with Crippen LogP contribution in [0.15, 0.2) is 76.3 Å². The summed E-state index contributed by atoms with van der Waals surface area (Å²) in [6.45, 7) is 1.93. The highest BCUT2D eigenvalue weighted by atomic mass is 79.9. The summed E-state index contributed by atoms with van der Waals surface area (Å²) < 4.78 is 15.0. The summed E-state index contributed by atoms with van der Waals surface area (Å²) in [5.74, 6) is -0.614. The van der Waals surface area contributed by atoms with Crippen molar-refractivity contribution in [1.29, 1.82) is 0 Å². The number of anilines is 1. The number of aryl methyl sites for hydroxylation is 1. The van der Waals surface area contributed by atoms with Crippen LogP contribution >= 0.6 is 27.3 Å². The lowest BCUT2D eigenvalue weighted by atomic mass is 10.1. The van der Waals surface area contributed by atoms with Gasteiger partial charge in [-0.05, 0) is 55.0 Å². The third-order valence-electron chi connectivity index (χ3n) is 4.17. The molecule has 4 aromatic rings. The Morgan fingerprint density at radius 1 is 1.14 bits per heavy atom. The van der Waals surface area contributed by atoms with E-state index in [1.807, 2.05) is 43.3 Å². The molecule has 0 bridgehead atoms. The molecule has 0 aliphatic heterocycles. The highest BCUT2D eigenvalue weighted by molar-refractivity contribution is 9.10. The average molecular weight is 468 g/mol. The van der Waals surface area contributed by atoms with E-state index in [2.05, 4.69) is 26.0 Å². The Kier molecular flexibility index (Phi) is 5.51. The Bertz CT molecular complexity index is 1220. The molecule has 0 aliphatic carbocycles. The maximum atomic E-state index is 13.2. The molecule has 1 amide bonds. The fourth-order valence-electron chi connectivity index (χ4n) is 2.74. The van der Waals surface area contributed by atoms with Crippen molar-refractivity contribution in [1.82, 2.24) is 4.98 Å². The zero-order valence-corrected chi connectivity index (χ0v) is 17.7. The quantitative estimate of drug-likeness (QED) is 0.265. The van der Waals surface area contributed by atoms with Crippen LogP contribution < -0.4 is 5.01 Å². The number of amides is 1. The number of carbonyl (C=O) groups is 1. The fraction of sp³-hybridized carbons (Fsp3) is 0.0455. The van der Waals surface area contributed by atoms with Gasteiger partial charge in [-0.25, -0.2) is 9.37 Å². The Balaban J connectivity index is 1.76. The standard InChI is InChI=1S/C22H15BrFN3OS/c1-14-3-2-4-16(11-14)21(28)27(25-13-15-5-8-18(24)9-6-15)22-26-19-10-7-17(23)12-20(19)29-22/h2-13H,1H3/b25-13+. The highest BCUT2D eigenvalue weighted by Gasteiger charge is 2.21. The number of fused-ring (bicyclic) bond motifs is 1. The Morgan fingerprint density at radius 3 is 2.69 bits per heavy atom. The molecule has 4 nitrogen and oxygen atoms in total. The molecule has 0 atom stereocenters. The number of nitrogens with zero attached hydrogens (tertiary/aromatic N) is 3. The van der Waals surface area contributed by atoms with E-state index in [1.54, 1.807) is 18.2 Å². The van der Waals surface area contributed by atoms with E-state index < -0.39 is 0 Å². The number of hydrogen-bond acceptors (Lipinski definition) is 4. The molecule has 0 aliphatic rings. The lowest BCUT2D eigenvalue weighted by Crippen LogP contribution is -2.25. The molecule has 144 valence electrons. The van der Waals surface area contributed by atoms with Gasteiger partial charge in [0, 0.05) is 10.0 Å². The molecule has 1 heterocycles. The Morgan fingerprint density at radius 2 is 1.93 bits per heavy atom. The van der Waals surface area contributed by atoms with Crippen molar-refractivity contribution in [3.8, 4) is 0 Å². The summed E-state index contributed by atoms with van der Waals surface area (Å²) in [5, 5.41) is 6.14. The molecule has 3 aromatic carbocycles. The van der Waals surface area contributed by atoms with Crippen LogP contribution in [0.1, 0.15) is 21.5 Å². The molecule has 1 aromatic heterocycles. The van der Waals surface area contributed by atoms with Crippen LogP contribution in [0.5, 0.6) is 0 Å². The summed E-state index contributed by atoms with van der Waals surface area (Å²) in [6.07, 6.45) is 1.52. The largest absolute Gasteiger partial charge is 0.280 e. The van der Waals surface area contributed by atoms with E-state index in [4.69, 9.17) is 0 Å². The van der Waals surface area contributed by atoms with Gasteiger partial charge in [0.2, 0.25) is 5.13 Å². The first-order chi connectivity index (χ1) is 14.0. The van der Waals surface area contributed by atoms with Gasteiger partial charge in [-0.2, -0.15) is 10.1 Å². The van der Waals surface area contributed by atoms with E-state index in [1.165, 1.54) is 34.7 Å². The molecule has 7 heteroatoms. The minimum absolute atomic E-state index is 0.287. The topological polar surface area (TPSA) is 45.6 Å². The molecule has 0 saturated carbocycles. The van der Waals surface area contributed by atoms with Crippen LogP contribution in [0.2, 0.25) is 0 Å². The minimum Gasteiger partial charge on any atom is -0.267 e. The van der Waals surface area contributed by atoms with E-state index in [0.29, 0.717) is 16.3 Å². The second kappa shape index (κ2) is 8.23. The molecule has 0 N–H and O–H groups in total. The molecular weight excluding hydrogens is 453 g/mol. The molecule has 0 radical (unpaired) electrons. The van der Waals surface area contributed by atoms with Crippen LogP contribution in [0, 0.1) is 12.7 Å². The van der Waals surface area contributed by atoms with Crippen molar-refractivity contribution < 1.29 is 9.18 Å². The molecule has 0 unspecified atom stereocenters. The van der Waals surface area contributed by atoms with Crippen molar-refractivity contribution in [3.63, 3.8) is 0 Å². The molecule has 0 fully saturated rings. The lowest BCUT2D eigenvalue weighted by Gasteiger charge is -2.14. The Labute approximate surface area is 179 Å². The summed E-state index contributed by atoms with van der Waals surface area (Å²) in [6, 6.07) is 19.0. The van der Waals surface area contributed by atoms with Crippen LogP contribution in [-0.4, -0.2) is 17.1 Å². The number of rotatable bonds is 4. The van der Waals surface area contributed by atoms with Gasteiger partial charge in [-0.1, -0.05) is 57.1 Å². The van der Waals surface area contributed by atoms with Gasteiger partial charge in [-0.3, -0.25) is 4.79 Å². The summed E-state index contributed by atoms with van der Waals surface area (Å²) in [5.41, 5.74) is 2.96. The second-order valence-corrected chi connectivity index (χ2v) is 8.32. The first-order valence-electron chi connectivity index (χ1n) is 8.76. The molecule has 0 spiro atoms. The second-order valence-electron chi connectivity index (χ2n) is 6.39. The monoisotopic (exact) mass is 467 g/mol.